The summed E-state index contributed by atoms with van der Waals surface area (Å²) < 4.78 is 52.0. The van der Waals surface area contributed by atoms with Crippen LogP contribution in [0.1, 0.15) is 24.1 Å². The standard InChI is InChI=1S/C22H24ClN5O6S2/c1-14-3-6-18(27-22(30)15(2)28-21(29)11-17(23)13-25-28)12-20(14)36(33,34)26-10-9-16-4-7-19(8-5-16)35(24,31)32/h3-8,11-13,15,26H,9-10H2,1-2H3,(H,27,30)(H2,24,31,32)/t15-/m1/s1. The van der Waals surface area contributed by atoms with Crippen molar-refractivity contribution in [2.45, 2.75) is 36.1 Å². The molecule has 14 heteroatoms. The van der Waals surface area contributed by atoms with E-state index in [1.807, 2.05) is 0 Å². The van der Waals surface area contributed by atoms with E-state index in [-0.39, 0.29) is 27.0 Å². The summed E-state index contributed by atoms with van der Waals surface area (Å²) >= 11 is 5.73. The van der Waals surface area contributed by atoms with E-state index in [0.717, 1.165) is 10.7 Å². The summed E-state index contributed by atoms with van der Waals surface area (Å²) in [7, 11) is -7.74. The molecular weight excluding hydrogens is 530 g/mol. The lowest BCUT2D eigenvalue weighted by molar-refractivity contribution is -0.119. The predicted molar refractivity (Wildman–Crippen MR) is 135 cm³/mol. The first-order chi connectivity index (χ1) is 16.8. The van der Waals surface area contributed by atoms with Crippen LogP contribution in [0.15, 0.2) is 69.3 Å². The molecule has 0 spiro atoms. The highest BCUT2D eigenvalue weighted by molar-refractivity contribution is 7.89. The lowest BCUT2D eigenvalue weighted by Gasteiger charge is -2.15. The Kier molecular flexibility index (Phi) is 8.31. The summed E-state index contributed by atoms with van der Waals surface area (Å²) in [5.74, 6) is -0.574. The summed E-state index contributed by atoms with van der Waals surface area (Å²) in [4.78, 5) is 24.6. The Hall–Kier alpha value is -3.10. The number of carbonyl (C=O) groups excluding carboxylic acids is 1. The van der Waals surface area contributed by atoms with Gasteiger partial charge in [0.1, 0.15) is 6.04 Å². The van der Waals surface area contributed by atoms with Crippen molar-refractivity contribution in [1.29, 1.82) is 0 Å². The second-order valence-corrected chi connectivity index (χ2v) is 11.7. The Morgan fingerprint density at radius 2 is 1.78 bits per heavy atom. The van der Waals surface area contributed by atoms with E-state index in [0.29, 0.717) is 17.5 Å². The molecule has 36 heavy (non-hydrogen) atoms. The first-order valence-electron chi connectivity index (χ1n) is 10.6. The molecule has 1 atom stereocenters. The Labute approximate surface area is 213 Å². The van der Waals surface area contributed by atoms with E-state index < -0.39 is 37.6 Å². The van der Waals surface area contributed by atoms with Crippen LogP contribution < -0.4 is 20.7 Å². The fourth-order valence-corrected chi connectivity index (χ4v) is 5.22. The van der Waals surface area contributed by atoms with E-state index in [9.17, 15) is 26.4 Å². The number of nitrogens with two attached hydrogens (primary N) is 1. The van der Waals surface area contributed by atoms with Crippen molar-refractivity contribution in [3.05, 3.63) is 81.2 Å². The Bertz CT molecular complexity index is 1550. The number of primary sulfonamides is 1. The van der Waals surface area contributed by atoms with Crippen LogP contribution in [-0.4, -0.2) is 39.1 Å². The summed E-state index contributed by atoms with van der Waals surface area (Å²) in [6, 6.07) is 10.4. The number of benzene rings is 2. The molecule has 0 fully saturated rings. The highest BCUT2D eigenvalue weighted by Crippen LogP contribution is 2.21. The third-order valence-electron chi connectivity index (χ3n) is 5.24. The predicted octanol–water partition coefficient (Wildman–Crippen LogP) is 1.57. The van der Waals surface area contributed by atoms with Gasteiger partial charge in [0.15, 0.2) is 0 Å². The number of hydrogen-bond acceptors (Lipinski definition) is 7. The molecule has 3 rings (SSSR count). The number of amides is 1. The van der Waals surface area contributed by atoms with Crippen molar-refractivity contribution < 1.29 is 21.6 Å². The molecule has 11 nitrogen and oxygen atoms in total. The Morgan fingerprint density at radius 3 is 2.39 bits per heavy atom. The zero-order chi connectivity index (χ0) is 26.7. The maximum Gasteiger partial charge on any atom is 0.268 e. The maximum atomic E-state index is 12.9. The smallest absolute Gasteiger partial charge is 0.268 e. The third kappa shape index (κ3) is 6.77. The molecule has 1 aromatic heterocycles. The second-order valence-electron chi connectivity index (χ2n) is 7.94. The van der Waals surface area contributed by atoms with Crippen LogP contribution in [0.5, 0.6) is 0 Å². The first-order valence-corrected chi connectivity index (χ1v) is 14.0. The molecule has 0 radical (unpaired) electrons. The van der Waals surface area contributed by atoms with Crippen LogP contribution in [0.3, 0.4) is 0 Å². The molecule has 4 N–H and O–H groups in total. The van der Waals surface area contributed by atoms with Gasteiger partial charge < -0.3 is 5.32 Å². The maximum absolute atomic E-state index is 12.9. The van der Waals surface area contributed by atoms with Gasteiger partial charge in [-0.15, -0.1) is 0 Å². The number of nitrogens with one attached hydrogen (secondary N) is 2. The van der Waals surface area contributed by atoms with Crippen molar-refractivity contribution in [3.8, 4) is 0 Å². The average Bonchev–Trinajstić information content (AvgIpc) is 2.79. The monoisotopic (exact) mass is 553 g/mol. The fourth-order valence-electron chi connectivity index (χ4n) is 3.26. The van der Waals surface area contributed by atoms with Crippen molar-refractivity contribution in [2.24, 2.45) is 5.14 Å². The summed E-state index contributed by atoms with van der Waals surface area (Å²) in [5, 5.41) is 11.7. The van der Waals surface area contributed by atoms with Gasteiger partial charge in [0.05, 0.1) is 21.0 Å². The van der Waals surface area contributed by atoms with Crippen LogP contribution in [0, 0.1) is 6.92 Å². The second kappa shape index (κ2) is 10.9. The van der Waals surface area contributed by atoms with Gasteiger partial charge in [-0.25, -0.2) is 31.4 Å². The SMILES string of the molecule is Cc1ccc(NC(=O)[C@@H](C)n2ncc(Cl)cc2=O)cc1S(=O)(=O)NCCc1ccc(S(N)(=O)=O)cc1. The fraction of sp³-hybridized carbons (Fsp3) is 0.227. The topological polar surface area (TPSA) is 170 Å². The van der Waals surface area contributed by atoms with Gasteiger partial charge in [0.25, 0.3) is 5.56 Å². The van der Waals surface area contributed by atoms with Gasteiger partial charge in [-0.2, -0.15) is 5.10 Å². The number of nitrogens with zero attached hydrogens (tertiary/aromatic N) is 2. The van der Waals surface area contributed by atoms with Crippen LogP contribution in [0.4, 0.5) is 5.69 Å². The number of carbonyl (C=O) groups is 1. The number of rotatable bonds is 9. The third-order valence-corrected chi connectivity index (χ3v) is 7.98. The highest BCUT2D eigenvalue weighted by Gasteiger charge is 2.21. The average molecular weight is 554 g/mol. The number of sulfonamides is 2. The molecule has 0 aliphatic heterocycles. The van der Waals surface area contributed by atoms with Crippen LogP contribution in [0.25, 0.3) is 0 Å². The molecule has 3 aromatic rings. The zero-order valence-electron chi connectivity index (χ0n) is 19.3. The van der Waals surface area contributed by atoms with E-state index >= 15 is 0 Å². The molecule has 2 aromatic carbocycles. The van der Waals surface area contributed by atoms with E-state index in [2.05, 4.69) is 15.1 Å². The quantitative estimate of drug-likeness (QED) is 0.361. The summed E-state index contributed by atoms with van der Waals surface area (Å²) in [6.45, 7) is 3.14. The number of halogens is 1. The molecule has 192 valence electrons. The number of aryl methyl sites for hydroxylation is 1. The van der Waals surface area contributed by atoms with Crippen molar-refractivity contribution in [2.75, 3.05) is 11.9 Å². The van der Waals surface area contributed by atoms with Crippen LogP contribution in [-0.2, 0) is 31.3 Å². The van der Waals surface area contributed by atoms with Crippen molar-refractivity contribution in [1.82, 2.24) is 14.5 Å². The molecule has 0 unspecified atom stereocenters. The first kappa shape index (κ1) is 27.5. The number of hydrogen-bond donors (Lipinski definition) is 3. The minimum absolute atomic E-state index is 0.0284. The summed E-state index contributed by atoms with van der Waals surface area (Å²) in [6.07, 6.45) is 1.55. The molecule has 1 heterocycles. The molecule has 0 saturated heterocycles. The number of anilines is 1. The zero-order valence-corrected chi connectivity index (χ0v) is 21.7. The number of aromatic nitrogens is 2. The largest absolute Gasteiger partial charge is 0.324 e. The van der Waals surface area contributed by atoms with Gasteiger partial charge in [-0.1, -0.05) is 29.8 Å². The molecular formula is C22H24ClN5O6S2. The van der Waals surface area contributed by atoms with Gasteiger partial charge in [-0.05, 0) is 55.7 Å². The summed E-state index contributed by atoms with van der Waals surface area (Å²) in [5.41, 5.74) is 0.837. The molecule has 0 bridgehead atoms. The minimum atomic E-state index is -3.93. The molecule has 1 amide bonds. The minimum Gasteiger partial charge on any atom is -0.324 e. The Morgan fingerprint density at radius 1 is 1.11 bits per heavy atom. The molecule has 0 aliphatic carbocycles. The van der Waals surface area contributed by atoms with Crippen molar-refractivity contribution >= 4 is 43.2 Å². The van der Waals surface area contributed by atoms with Gasteiger partial charge in [-0.3, -0.25) is 9.59 Å². The van der Waals surface area contributed by atoms with Gasteiger partial charge in [0.2, 0.25) is 26.0 Å². The van der Waals surface area contributed by atoms with E-state index in [1.165, 1.54) is 31.3 Å². The lowest BCUT2D eigenvalue weighted by atomic mass is 10.2. The lowest BCUT2D eigenvalue weighted by Crippen LogP contribution is -2.33. The molecule has 0 aliphatic rings. The van der Waals surface area contributed by atoms with Crippen LogP contribution in [0.2, 0.25) is 5.02 Å². The van der Waals surface area contributed by atoms with Crippen molar-refractivity contribution in [3.63, 3.8) is 0 Å². The van der Waals surface area contributed by atoms with Gasteiger partial charge in [0, 0.05) is 18.3 Å². The van der Waals surface area contributed by atoms with Crippen LogP contribution >= 0.6 is 11.6 Å². The highest BCUT2D eigenvalue weighted by atomic mass is 35.5. The Balaban J connectivity index is 1.69. The van der Waals surface area contributed by atoms with Gasteiger partial charge >= 0.3 is 0 Å². The molecule has 0 saturated carbocycles. The van der Waals surface area contributed by atoms with E-state index in [1.54, 1.807) is 31.2 Å². The van der Waals surface area contributed by atoms with E-state index in [4.69, 9.17) is 16.7 Å². The normalized spacial score (nSPS) is 12.8.